The Balaban J connectivity index is 1.50. The van der Waals surface area contributed by atoms with Gasteiger partial charge in [0.05, 0.1) is 29.2 Å². The van der Waals surface area contributed by atoms with Crippen LogP contribution in [0.5, 0.6) is 0 Å². The summed E-state index contributed by atoms with van der Waals surface area (Å²) in [6.45, 7) is 4.35. The fourth-order valence-electron chi connectivity index (χ4n) is 6.05. The molecule has 2 fully saturated rings. The van der Waals surface area contributed by atoms with E-state index < -0.39 is 0 Å². The Morgan fingerprint density at radius 1 is 1.00 bits per heavy atom. The molecule has 3 atom stereocenters. The van der Waals surface area contributed by atoms with Gasteiger partial charge in [-0.25, -0.2) is 4.98 Å². The van der Waals surface area contributed by atoms with Gasteiger partial charge in [-0.15, -0.1) is 0 Å². The smallest absolute Gasteiger partial charge is 0.138 e. The maximum Gasteiger partial charge on any atom is 0.138 e. The van der Waals surface area contributed by atoms with Crippen LogP contribution in [0.15, 0.2) is 36.5 Å². The lowest BCUT2D eigenvalue weighted by Crippen LogP contribution is -2.34. The summed E-state index contributed by atoms with van der Waals surface area (Å²) >= 11 is 7.14. The Kier molecular flexibility index (Phi) is 6.94. The Labute approximate surface area is 207 Å². The maximum atomic E-state index is 7.14. The largest absolute Gasteiger partial charge is 0.375 e. The van der Waals surface area contributed by atoms with Crippen molar-refractivity contribution in [2.24, 2.45) is 5.92 Å². The van der Waals surface area contributed by atoms with Crippen molar-refractivity contribution < 1.29 is 4.74 Å². The molecule has 0 unspecified atom stereocenters. The third-order valence-electron chi connectivity index (χ3n) is 8.00. The van der Waals surface area contributed by atoms with Crippen molar-refractivity contribution >= 4 is 17.2 Å². The Morgan fingerprint density at radius 2 is 1.74 bits per heavy atom. The predicted molar refractivity (Wildman–Crippen MR) is 136 cm³/mol. The number of pyridine rings is 2. The molecule has 6 nitrogen and oxygen atoms in total. The zero-order chi connectivity index (χ0) is 23.8. The second-order valence-electron chi connectivity index (χ2n) is 10.1. The molecular weight excluding hydrogens is 446 g/mol. The van der Waals surface area contributed by atoms with Crippen molar-refractivity contribution in [3.63, 3.8) is 0 Å². The van der Waals surface area contributed by atoms with Crippen LogP contribution in [0.3, 0.4) is 0 Å². The molecule has 5 heterocycles. The minimum atomic E-state index is 0.00459. The highest BCUT2D eigenvalue weighted by Gasteiger charge is 2.35. The molecule has 3 aromatic heterocycles. The summed E-state index contributed by atoms with van der Waals surface area (Å²) in [7, 11) is 6.21. The van der Waals surface area contributed by atoms with E-state index in [1.807, 2.05) is 19.4 Å². The molecule has 2 aliphatic rings. The second kappa shape index (κ2) is 9.94. The van der Waals surface area contributed by atoms with Gasteiger partial charge in [0.1, 0.15) is 16.9 Å². The van der Waals surface area contributed by atoms with Crippen LogP contribution in [0.1, 0.15) is 72.9 Å². The van der Waals surface area contributed by atoms with Crippen LogP contribution in [0.4, 0.5) is 0 Å². The number of methoxy groups -OCH3 is 1. The summed E-state index contributed by atoms with van der Waals surface area (Å²) in [5.74, 6) is 0.475. The van der Waals surface area contributed by atoms with Gasteiger partial charge in [0.15, 0.2) is 0 Å². The lowest BCUT2D eigenvalue weighted by molar-refractivity contribution is 0.0206. The van der Waals surface area contributed by atoms with Crippen molar-refractivity contribution in [3.8, 4) is 0 Å². The Morgan fingerprint density at radius 3 is 2.44 bits per heavy atom. The summed E-state index contributed by atoms with van der Waals surface area (Å²) in [4.78, 5) is 14.6. The number of aryl methyl sites for hydroxylation is 1. The molecule has 0 aromatic carbocycles. The fourth-order valence-corrected chi connectivity index (χ4v) is 6.41. The normalized spacial score (nSPS) is 24.0. The van der Waals surface area contributed by atoms with Crippen LogP contribution in [0.2, 0.25) is 5.15 Å². The van der Waals surface area contributed by atoms with Gasteiger partial charge in [-0.2, -0.15) is 0 Å². The number of hydrogen-bond donors (Lipinski definition) is 0. The first kappa shape index (κ1) is 23.7. The van der Waals surface area contributed by atoms with Gasteiger partial charge in [-0.1, -0.05) is 23.7 Å². The average Bonchev–Trinajstić information content (AvgIpc) is 3.18. The molecule has 0 radical (unpaired) electrons. The highest BCUT2D eigenvalue weighted by atomic mass is 35.5. The van der Waals surface area contributed by atoms with E-state index in [2.05, 4.69) is 59.5 Å². The lowest BCUT2D eigenvalue weighted by Gasteiger charge is -2.39. The molecule has 0 N–H and O–H groups in total. The highest BCUT2D eigenvalue weighted by Crippen LogP contribution is 2.43. The zero-order valence-electron chi connectivity index (χ0n) is 20.7. The Bertz CT molecular complexity index is 1140. The van der Waals surface area contributed by atoms with E-state index in [1.54, 1.807) is 0 Å². The zero-order valence-corrected chi connectivity index (χ0v) is 21.5. The maximum absolute atomic E-state index is 7.14. The van der Waals surface area contributed by atoms with Crippen LogP contribution in [-0.2, 0) is 4.74 Å². The van der Waals surface area contributed by atoms with Crippen molar-refractivity contribution in [3.05, 3.63) is 64.3 Å². The lowest BCUT2D eigenvalue weighted by atomic mass is 9.89. The van der Waals surface area contributed by atoms with Crippen molar-refractivity contribution in [1.82, 2.24) is 24.2 Å². The summed E-state index contributed by atoms with van der Waals surface area (Å²) in [6, 6.07) is 10.9. The minimum absolute atomic E-state index is 0.00459. The molecule has 7 heteroatoms. The molecule has 0 bridgehead atoms. The van der Waals surface area contributed by atoms with Crippen LogP contribution >= 0.6 is 11.6 Å². The van der Waals surface area contributed by atoms with Crippen molar-refractivity contribution in [2.45, 2.75) is 57.2 Å². The molecule has 0 aliphatic carbocycles. The van der Waals surface area contributed by atoms with Gasteiger partial charge in [-0.05, 0) is 95.9 Å². The second-order valence-corrected chi connectivity index (χ2v) is 10.4. The Hall–Kier alpha value is -1.99. The molecule has 0 saturated carbocycles. The quantitative estimate of drug-likeness (QED) is 0.473. The molecule has 34 heavy (non-hydrogen) atoms. The van der Waals surface area contributed by atoms with Crippen molar-refractivity contribution in [2.75, 3.05) is 34.3 Å². The van der Waals surface area contributed by atoms with Crippen LogP contribution in [-0.4, -0.2) is 58.5 Å². The van der Waals surface area contributed by atoms with Gasteiger partial charge in [0, 0.05) is 13.3 Å². The van der Waals surface area contributed by atoms with Crippen molar-refractivity contribution in [1.29, 1.82) is 0 Å². The summed E-state index contributed by atoms with van der Waals surface area (Å²) in [6.07, 6.45) is 7.43. The predicted octanol–water partition coefficient (Wildman–Crippen LogP) is 5.62. The summed E-state index contributed by atoms with van der Waals surface area (Å²) in [5, 5.41) is 0.718. The van der Waals surface area contributed by atoms with Crippen LogP contribution in [0, 0.1) is 12.8 Å². The number of imidazole rings is 1. The number of hydrogen-bond acceptors (Lipinski definition) is 5. The van der Waals surface area contributed by atoms with Crippen LogP contribution in [0.25, 0.3) is 5.65 Å². The number of likely N-dealkylation sites (tertiary alicyclic amines) is 2. The number of halogens is 1. The standard InChI is InChI=1S/C27H36ClN5O/c1-18-8-7-15-29-24(18)20-9-5-10-21(32(20)3)25-27(28)33-22(11-6-12-23(33)30-25)26(34-4)19-13-16-31(2)17-14-19/h6-8,11-12,15,19-21,26H,5,9-10,13-14,16-17H2,1-4H3/t20-,21+,26+/m0/s1. The number of nitrogens with zero attached hydrogens (tertiary/aromatic N) is 5. The molecular formula is C27H36ClN5O. The number of ether oxygens (including phenoxy) is 1. The van der Waals surface area contributed by atoms with E-state index in [0.717, 1.165) is 73.1 Å². The summed E-state index contributed by atoms with van der Waals surface area (Å²) < 4.78 is 8.23. The molecule has 2 saturated heterocycles. The number of aromatic nitrogens is 3. The molecule has 0 spiro atoms. The third kappa shape index (κ3) is 4.26. The number of piperidine rings is 2. The van der Waals surface area contributed by atoms with E-state index in [9.17, 15) is 0 Å². The highest BCUT2D eigenvalue weighted by molar-refractivity contribution is 6.30. The molecule has 0 amide bonds. The van der Waals surface area contributed by atoms with Gasteiger partial charge in [0.2, 0.25) is 0 Å². The summed E-state index contributed by atoms with van der Waals surface area (Å²) in [5.41, 5.74) is 5.38. The molecule has 3 aromatic rings. The first-order valence-corrected chi connectivity index (χ1v) is 12.9. The van der Waals surface area contributed by atoms with E-state index in [1.165, 1.54) is 5.56 Å². The first-order valence-electron chi connectivity index (χ1n) is 12.5. The molecule has 182 valence electrons. The van der Waals surface area contributed by atoms with E-state index >= 15 is 0 Å². The van der Waals surface area contributed by atoms with Crippen LogP contribution < -0.4 is 0 Å². The monoisotopic (exact) mass is 481 g/mol. The van der Waals surface area contributed by atoms with E-state index in [0.29, 0.717) is 5.92 Å². The topological polar surface area (TPSA) is 45.9 Å². The third-order valence-corrected chi connectivity index (χ3v) is 8.36. The minimum Gasteiger partial charge on any atom is -0.375 e. The van der Waals surface area contributed by atoms with E-state index in [4.69, 9.17) is 26.3 Å². The SMILES string of the molecule is CO[C@@H](c1cccc2nc([C@H]3CCC[C@@H](c4ncccc4C)N3C)c(Cl)n12)C1CCN(C)CC1. The fraction of sp³-hybridized carbons (Fsp3) is 0.556. The van der Waals surface area contributed by atoms with Gasteiger partial charge < -0.3 is 9.64 Å². The van der Waals surface area contributed by atoms with Gasteiger partial charge in [-0.3, -0.25) is 14.3 Å². The average molecular weight is 482 g/mol. The van der Waals surface area contributed by atoms with Gasteiger partial charge in [0.25, 0.3) is 0 Å². The molecule has 2 aliphatic heterocycles. The number of fused-ring (bicyclic) bond motifs is 1. The molecule has 5 rings (SSSR count). The first-order chi connectivity index (χ1) is 16.5. The van der Waals surface area contributed by atoms with E-state index in [-0.39, 0.29) is 18.2 Å². The number of rotatable bonds is 5. The van der Waals surface area contributed by atoms with Gasteiger partial charge >= 0.3 is 0 Å².